The van der Waals surface area contributed by atoms with Crippen molar-refractivity contribution in [1.29, 1.82) is 0 Å². The van der Waals surface area contributed by atoms with Crippen LogP contribution in [0.1, 0.15) is 150 Å². The molecular formula is C78H69NO2S. The van der Waals surface area contributed by atoms with E-state index in [-0.39, 0.29) is 21.7 Å². The lowest BCUT2D eigenvalue weighted by atomic mass is 9.64. The number of nitrogens with zero attached hydrogens (tertiary/aromatic N) is 1. The Hall–Kier alpha value is -8.18. The molecule has 10 aromatic carbocycles. The quantitative estimate of drug-likeness (QED) is 0.176. The number of rotatable bonds is 3. The van der Waals surface area contributed by atoms with Gasteiger partial charge in [-0.2, -0.15) is 0 Å². The summed E-state index contributed by atoms with van der Waals surface area (Å²) in [5.74, 6) is 3.58. The first-order valence-electron chi connectivity index (χ1n) is 29.3. The molecule has 0 radical (unpaired) electrons. The Balaban J connectivity index is 1.08. The van der Waals surface area contributed by atoms with E-state index in [9.17, 15) is 0 Å². The molecule has 0 fully saturated rings. The standard InChI is InChI=1S/C78H69NO2S/c1-73(2,3)46-31-37-65-59(41-46)77(60-42-47(74(4,5)6)32-38-66(60)80-65)56-25-17-14-22-53(56)71-57(77)26-19-27-63(71)79(64-28-20-30-70-72(64)54-23-15-18-29-69(54)82-70)50-35-36-52-51-21-13-16-24-55(51)78(58(52)45-50)61-43-48(75(7,8)9)33-39-67(61)81-68-40-34-49(44-62(68)78)76(10,11)12/h13-45H,1-12H3. The molecule has 3 nitrogen and oxygen atoms in total. The zero-order valence-electron chi connectivity index (χ0n) is 49.2. The van der Waals surface area contributed by atoms with Gasteiger partial charge in [0.05, 0.1) is 22.2 Å². The first kappa shape index (κ1) is 50.8. The highest BCUT2D eigenvalue weighted by Crippen LogP contribution is 2.67. The van der Waals surface area contributed by atoms with E-state index in [1.54, 1.807) is 0 Å². The van der Waals surface area contributed by atoms with E-state index < -0.39 is 10.8 Å². The van der Waals surface area contributed by atoms with Crippen LogP contribution in [-0.2, 0) is 32.5 Å². The van der Waals surface area contributed by atoms with E-state index in [1.165, 1.54) is 109 Å². The molecule has 82 heavy (non-hydrogen) atoms. The molecule has 0 saturated carbocycles. The van der Waals surface area contributed by atoms with Crippen LogP contribution in [0.15, 0.2) is 200 Å². The summed E-state index contributed by atoms with van der Waals surface area (Å²) in [5.41, 5.74) is 21.3. The SMILES string of the molecule is CC(C)(C)c1ccc2c(c1)C1(c3cc(C(C)(C)C)ccc3O2)c2ccccc2-c2ccc(N(c3cccc4c3-c3ccccc3C43c4cc(C(C)(C)C)ccc4Oc4ccc(C(C)(C)C)cc43)c3cccc4sc5ccccc5c34)cc21. The molecule has 2 aliphatic heterocycles. The monoisotopic (exact) mass is 1080 g/mol. The second kappa shape index (κ2) is 17.2. The number of benzene rings is 10. The first-order valence-corrected chi connectivity index (χ1v) is 30.1. The van der Waals surface area contributed by atoms with Gasteiger partial charge in [-0.05, 0) is 168 Å². The first-order chi connectivity index (χ1) is 39.2. The second-order valence-corrected chi connectivity index (χ2v) is 28.7. The Bertz CT molecular complexity index is 4390. The molecule has 15 rings (SSSR count). The lowest BCUT2D eigenvalue weighted by Gasteiger charge is -2.41. The van der Waals surface area contributed by atoms with Crippen molar-refractivity contribution in [2.24, 2.45) is 0 Å². The van der Waals surface area contributed by atoms with Crippen molar-refractivity contribution < 1.29 is 9.47 Å². The number of hydrogen-bond donors (Lipinski definition) is 0. The summed E-state index contributed by atoms with van der Waals surface area (Å²) < 4.78 is 16.8. The molecule has 0 N–H and O–H groups in total. The van der Waals surface area contributed by atoms with E-state index in [0.717, 1.165) is 40.1 Å². The van der Waals surface area contributed by atoms with Crippen LogP contribution >= 0.6 is 11.3 Å². The maximum absolute atomic E-state index is 7.15. The van der Waals surface area contributed by atoms with E-state index in [1.807, 2.05) is 11.3 Å². The van der Waals surface area contributed by atoms with Gasteiger partial charge < -0.3 is 14.4 Å². The fraction of sp³-hybridized carbons (Fsp3) is 0.231. The van der Waals surface area contributed by atoms with Gasteiger partial charge in [0, 0.05) is 53.7 Å². The highest BCUT2D eigenvalue weighted by Gasteiger charge is 2.55. The van der Waals surface area contributed by atoms with Gasteiger partial charge >= 0.3 is 0 Å². The van der Waals surface area contributed by atoms with Gasteiger partial charge in [0.15, 0.2) is 0 Å². The average molecular weight is 1080 g/mol. The topological polar surface area (TPSA) is 21.7 Å². The summed E-state index contributed by atoms with van der Waals surface area (Å²) >= 11 is 1.87. The van der Waals surface area contributed by atoms with Crippen molar-refractivity contribution in [2.75, 3.05) is 4.90 Å². The van der Waals surface area contributed by atoms with Crippen LogP contribution in [0.25, 0.3) is 42.4 Å². The Morgan fingerprint density at radius 3 is 1.28 bits per heavy atom. The van der Waals surface area contributed by atoms with Crippen molar-refractivity contribution >= 4 is 48.6 Å². The molecule has 2 aliphatic carbocycles. The molecule has 0 amide bonds. The summed E-state index contributed by atoms with van der Waals surface area (Å²) in [4.78, 5) is 2.63. The van der Waals surface area contributed by atoms with Crippen LogP contribution in [0.3, 0.4) is 0 Å². The van der Waals surface area contributed by atoms with Crippen LogP contribution in [0.4, 0.5) is 17.1 Å². The third-order valence-electron chi connectivity index (χ3n) is 18.6. The molecule has 1 aromatic heterocycles. The molecule has 3 heterocycles. The van der Waals surface area contributed by atoms with E-state index in [2.05, 4.69) is 288 Å². The third-order valence-corrected chi connectivity index (χ3v) is 19.8. The fourth-order valence-corrected chi connectivity index (χ4v) is 15.6. The lowest BCUT2D eigenvalue weighted by molar-refractivity contribution is 0.433. The van der Waals surface area contributed by atoms with Crippen molar-refractivity contribution in [3.63, 3.8) is 0 Å². The predicted octanol–water partition coefficient (Wildman–Crippen LogP) is 21.7. The third kappa shape index (κ3) is 7.06. The van der Waals surface area contributed by atoms with Gasteiger partial charge in [-0.25, -0.2) is 0 Å². The number of ether oxygens (including phenoxy) is 2. The van der Waals surface area contributed by atoms with Gasteiger partial charge in [-0.1, -0.05) is 198 Å². The Labute approximate surface area is 487 Å². The molecule has 0 atom stereocenters. The van der Waals surface area contributed by atoms with Crippen molar-refractivity contribution in [2.45, 2.75) is 116 Å². The minimum absolute atomic E-state index is 0.107. The molecule has 404 valence electrons. The highest BCUT2D eigenvalue weighted by atomic mass is 32.1. The predicted molar refractivity (Wildman–Crippen MR) is 344 cm³/mol. The number of thiophene rings is 1. The molecule has 11 aromatic rings. The summed E-state index contributed by atoms with van der Waals surface area (Å²) in [6.45, 7) is 27.9. The maximum Gasteiger partial charge on any atom is 0.132 e. The molecule has 0 bridgehead atoms. The molecule has 4 heteroatoms. The molecule has 0 saturated heterocycles. The lowest BCUT2D eigenvalue weighted by Crippen LogP contribution is -2.33. The van der Waals surface area contributed by atoms with Gasteiger partial charge in [0.25, 0.3) is 0 Å². The molecule has 0 unspecified atom stereocenters. The van der Waals surface area contributed by atoms with Crippen LogP contribution < -0.4 is 14.4 Å². The average Bonchev–Trinajstić information content (AvgIpc) is 1.75. The molecule has 2 spiro atoms. The van der Waals surface area contributed by atoms with E-state index >= 15 is 0 Å². The fourth-order valence-electron chi connectivity index (χ4n) is 14.5. The highest BCUT2D eigenvalue weighted by molar-refractivity contribution is 7.26. The minimum Gasteiger partial charge on any atom is -0.457 e. The van der Waals surface area contributed by atoms with Crippen LogP contribution in [0.5, 0.6) is 23.0 Å². The van der Waals surface area contributed by atoms with E-state index in [4.69, 9.17) is 9.47 Å². The van der Waals surface area contributed by atoms with Gasteiger partial charge in [-0.15, -0.1) is 11.3 Å². The van der Waals surface area contributed by atoms with Gasteiger partial charge in [0.1, 0.15) is 23.0 Å². The van der Waals surface area contributed by atoms with Crippen LogP contribution in [-0.4, -0.2) is 0 Å². The summed E-state index contributed by atoms with van der Waals surface area (Å²) in [6.07, 6.45) is 0. The number of hydrogen-bond acceptors (Lipinski definition) is 4. The smallest absolute Gasteiger partial charge is 0.132 e. The minimum atomic E-state index is -0.722. The van der Waals surface area contributed by atoms with Gasteiger partial charge in [0.2, 0.25) is 0 Å². The Kier molecular flexibility index (Phi) is 10.6. The molecule has 4 aliphatic rings. The van der Waals surface area contributed by atoms with Crippen LogP contribution in [0, 0.1) is 0 Å². The van der Waals surface area contributed by atoms with E-state index in [0.29, 0.717) is 0 Å². The largest absolute Gasteiger partial charge is 0.457 e. The normalized spacial score (nSPS) is 15.0. The van der Waals surface area contributed by atoms with Gasteiger partial charge in [-0.3, -0.25) is 0 Å². The zero-order chi connectivity index (χ0) is 56.6. The Morgan fingerprint density at radius 2 is 0.744 bits per heavy atom. The number of fused-ring (bicyclic) bond motifs is 21. The summed E-state index contributed by atoms with van der Waals surface area (Å²) in [6, 6.07) is 76.8. The van der Waals surface area contributed by atoms with Crippen molar-refractivity contribution in [1.82, 2.24) is 0 Å². The Morgan fingerprint density at radius 1 is 0.329 bits per heavy atom. The van der Waals surface area contributed by atoms with Crippen molar-refractivity contribution in [3.8, 4) is 45.3 Å². The second-order valence-electron chi connectivity index (χ2n) is 27.7. The van der Waals surface area contributed by atoms with Crippen LogP contribution in [0.2, 0.25) is 0 Å². The number of anilines is 3. The maximum atomic E-state index is 7.15. The summed E-state index contributed by atoms with van der Waals surface area (Å²) in [7, 11) is 0. The summed E-state index contributed by atoms with van der Waals surface area (Å²) in [5, 5.41) is 2.50. The van der Waals surface area contributed by atoms with Crippen molar-refractivity contribution in [3.05, 3.63) is 267 Å². The molecular weight excluding hydrogens is 1010 g/mol. The zero-order valence-corrected chi connectivity index (χ0v) is 50.0.